The summed E-state index contributed by atoms with van der Waals surface area (Å²) in [6.45, 7) is 2.05. The number of nitro groups is 1. The lowest BCUT2D eigenvalue weighted by Gasteiger charge is -2.05. The van der Waals surface area contributed by atoms with Crippen molar-refractivity contribution in [2.45, 2.75) is 31.0 Å². The minimum atomic E-state index is -0.723. The number of unbranched alkanes of at least 4 members (excludes halogenated alkanes) is 1. The van der Waals surface area contributed by atoms with Crippen LogP contribution in [0.15, 0.2) is 18.2 Å². The summed E-state index contributed by atoms with van der Waals surface area (Å²) in [5, 5.41) is 10.9. The van der Waals surface area contributed by atoms with Crippen LogP contribution in [0.4, 0.5) is 5.69 Å². The molecule has 88 valence electrons. The van der Waals surface area contributed by atoms with Crippen molar-refractivity contribution >= 4 is 28.9 Å². The molecule has 3 nitrogen and oxygen atoms in total. The molecule has 1 aromatic carbocycles. The van der Waals surface area contributed by atoms with Gasteiger partial charge in [0.25, 0.3) is 5.69 Å². The van der Waals surface area contributed by atoms with Gasteiger partial charge in [0.2, 0.25) is 0 Å². The predicted molar refractivity (Wildman–Crippen MR) is 66.2 cm³/mol. The first-order chi connectivity index (χ1) is 7.56. The molecule has 0 bridgehead atoms. The van der Waals surface area contributed by atoms with Gasteiger partial charge < -0.3 is 0 Å². The van der Waals surface area contributed by atoms with E-state index in [1.807, 2.05) is 6.92 Å². The molecule has 0 saturated carbocycles. The van der Waals surface area contributed by atoms with Crippen LogP contribution in [0.5, 0.6) is 0 Å². The van der Waals surface area contributed by atoms with Crippen LogP contribution in [0.1, 0.15) is 35.7 Å². The van der Waals surface area contributed by atoms with E-state index in [1.54, 1.807) is 12.1 Å². The molecule has 0 saturated heterocycles. The molecule has 1 rings (SSSR count). The molecular weight excluding hydrogens is 249 g/mol. The number of hydrogen-bond acceptors (Lipinski definition) is 2. The number of halogens is 2. The predicted octanol–water partition coefficient (Wildman–Crippen LogP) is 4.41. The molecule has 0 aliphatic carbocycles. The van der Waals surface area contributed by atoms with Crippen molar-refractivity contribution in [2.75, 3.05) is 0 Å². The zero-order chi connectivity index (χ0) is 12.1. The molecule has 0 atom stereocenters. The van der Waals surface area contributed by atoms with Crippen LogP contribution < -0.4 is 0 Å². The summed E-state index contributed by atoms with van der Waals surface area (Å²) in [5.74, 6) is 0. The number of aryl methyl sites for hydroxylation is 1. The van der Waals surface area contributed by atoms with Gasteiger partial charge in [-0.3, -0.25) is 10.1 Å². The van der Waals surface area contributed by atoms with Gasteiger partial charge in [-0.05, 0) is 18.4 Å². The van der Waals surface area contributed by atoms with E-state index in [4.69, 9.17) is 23.2 Å². The smallest absolute Gasteiger partial charge is 0.258 e. The molecule has 0 N–H and O–H groups in total. The summed E-state index contributed by atoms with van der Waals surface area (Å²) in [6, 6.07) is 4.93. The highest BCUT2D eigenvalue weighted by Crippen LogP contribution is 2.30. The van der Waals surface area contributed by atoms with E-state index in [1.165, 1.54) is 6.07 Å². The van der Waals surface area contributed by atoms with E-state index in [2.05, 4.69) is 0 Å². The minimum absolute atomic E-state index is 0.109. The maximum absolute atomic E-state index is 10.9. The van der Waals surface area contributed by atoms with Crippen LogP contribution in [-0.2, 0) is 6.42 Å². The van der Waals surface area contributed by atoms with Gasteiger partial charge in [0.15, 0.2) is 0 Å². The second-order valence-corrected chi connectivity index (χ2v) is 4.65. The van der Waals surface area contributed by atoms with Crippen molar-refractivity contribution in [1.82, 2.24) is 0 Å². The molecule has 0 aliphatic rings. The largest absolute Gasteiger partial charge is 0.272 e. The molecule has 0 aliphatic heterocycles. The van der Waals surface area contributed by atoms with Gasteiger partial charge in [-0.2, -0.15) is 0 Å². The molecule has 0 amide bonds. The Kier molecular flexibility index (Phi) is 5.03. The zero-order valence-electron chi connectivity index (χ0n) is 8.95. The van der Waals surface area contributed by atoms with E-state index in [0.717, 1.165) is 18.4 Å². The summed E-state index contributed by atoms with van der Waals surface area (Å²) in [6.07, 6.45) is 2.65. The molecule has 0 unspecified atom stereocenters. The number of nitro benzene ring substituents is 1. The van der Waals surface area contributed by atoms with Crippen molar-refractivity contribution in [3.63, 3.8) is 0 Å². The van der Waals surface area contributed by atoms with Gasteiger partial charge in [0, 0.05) is 11.6 Å². The van der Waals surface area contributed by atoms with E-state index < -0.39 is 4.84 Å². The number of rotatable bonds is 5. The van der Waals surface area contributed by atoms with E-state index >= 15 is 0 Å². The first-order valence-corrected chi connectivity index (χ1v) is 5.99. The highest BCUT2D eigenvalue weighted by atomic mass is 35.5. The van der Waals surface area contributed by atoms with E-state index in [-0.39, 0.29) is 10.6 Å². The van der Waals surface area contributed by atoms with Gasteiger partial charge in [0.1, 0.15) is 4.84 Å². The second kappa shape index (κ2) is 6.06. The Labute approximate surface area is 105 Å². The fraction of sp³-hybridized carbons (Fsp3) is 0.455. The maximum atomic E-state index is 10.9. The molecule has 5 heteroatoms. The lowest BCUT2D eigenvalue weighted by molar-refractivity contribution is -0.385. The molecule has 1 aromatic rings. The molecule has 0 fully saturated rings. The first-order valence-electron chi connectivity index (χ1n) is 5.11. The van der Waals surface area contributed by atoms with Gasteiger partial charge in [0.05, 0.1) is 4.92 Å². The summed E-state index contributed by atoms with van der Waals surface area (Å²) in [4.78, 5) is 9.77. The van der Waals surface area contributed by atoms with Crippen LogP contribution in [0.3, 0.4) is 0 Å². The molecule has 0 radical (unpaired) electrons. The van der Waals surface area contributed by atoms with Crippen LogP contribution >= 0.6 is 23.2 Å². The maximum Gasteiger partial charge on any atom is 0.272 e. The first kappa shape index (κ1) is 13.3. The number of alkyl halides is 2. The summed E-state index contributed by atoms with van der Waals surface area (Å²) >= 11 is 11.4. The highest BCUT2D eigenvalue weighted by Gasteiger charge is 2.16. The van der Waals surface area contributed by atoms with Crippen molar-refractivity contribution in [3.8, 4) is 0 Å². The Bertz CT molecular complexity index is 380. The highest BCUT2D eigenvalue weighted by molar-refractivity contribution is 6.44. The molecule has 0 spiro atoms. The third-order valence-electron chi connectivity index (χ3n) is 2.36. The second-order valence-electron chi connectivity index (χ2n) is 3.55. The van der Waals surface area contributed by atoms with Gasteiger partial charge in [-0.1, -0.05) is 25.5 Å². The SMILES string of the molecule is CCCCc1ccc(C(Cl)Cl)cc1[N+](=O)[O-]. The summed E-state index contributed by atoms with van der Waals surface area (Å²) in [7, 11) is 0. The molecule has 0 heterocycles. The van der Waals surface area contributed by atoms with E-state index in [0.29, 0.717) is 12.0 Å². The quantitative estimate of drug-likeness (QED) is 0.448. The average molecular weight is 262 g/mol. The molecular formula is C11H13Cl2NO2. The summed E-state index contributed by atoms with van der Waals surface area (Å²) < 4.78 is 0. The van der Waals surface area contributed by atoms with Crippen LogP contribution in [0.25, 0.3) is 0 Å². The summed E-state index contributed by atoms with van der Waals surface area (Å²) in [5.41, 5.74) is 1.41. The van der Waals surface area contributed by atoms with Gasteiger partial charge >= 0.3 is 0 Å². The van der Waals surface area contributed by atoms with Crippen LogP contribution in [-0.4, -0.2) is 4.92 Å². The number of nitrogens with zero attached hydrogens (tertiary/aromatic N) is 1. The fourth-order valence-electron chi connectivity index (χ4n) is 1.47. The zero-order valence-corrected chi connectivity index (χ0v) is 10.5. The van der Waals surface area contributed by atoms with E-state index in [9.17, 15) is 10.1 Å². The third-order valence-corrected chi connectivity index (χ3v) is 2.86. The normalized spacial score (nSPS) is 10.8. The number of benzene rings is 1. The van der Waals surface area contributed by atoms with Crippen LogP contribution in [0, 0.1) is 10.1 Å². The van der Waals surface area contributed by atoms with Crippen molar-refractivity contribution in [3.05, 3.63) is 39.4 Å². The van der Waals surface area contributed by atoms with Crippen molar-refractivity contribution in [2.24, 2.45) is 0 Å². The van der Waals surface area contributed by atoms with Crippen molar-refractivity contribution < 1.29 is 4.92 Å². The average Bonchev–Trinajstić information content (AvgIpc) is 2.25. The Morgan fingerprint density at radius 1 is 1.44 bits per heavy atom. The Balaban J connectivity index is 3.04. The monoisotopic (exact) mass is 261 g/mol. The van der Waals surface area contributed by atoms with Gasteiger partial charge in [-0.15, -0.1) is 23.2 Å². The third kappa shape index (κ3) is 3.35. The Hall–Kier alpha value is -0.800. The standard InChI is InChI=1S/C11H13Cl2NO2/c1-2-3-4-8-5-6-9(11(12)13)7-10(8)14(15)16/h5-7,11H,2-4H2,1H3. The van der Waals surface area contributed by atoms with Gasteiger partial charge in [-0.25, -0.2) is 0 Å². The minimum Gasteiger partial charge on any atom is -0.258 e. The Morgan fingerprint density at radius 2 is 2.12 bits per heavy atom. The van der Waals surface area contributed by atoms with Crippen LogP contribution in [0.2, 0.25) is 0 Å². The molecule has 0 aromatic heterocycles. The fourth-order valence-corrected chi connectivity index (χ4v) is 1.74. The Morgan fingerprint density at radius 3 is 2.62 bits per heavy atom. The topological polar surface area (TPSA) is 43.1 Å². The number of hydrogen-bond donors (Lipinski definition) is 0. The van der Waals surface area contributed by atoms with Crippen molar-refractivity contribution in [1.29, 1.82) is 0 Å². The lowest BCUT2D eigenvalue weighted by Crippen LogP contribution is -1.97. The molecule has 16 heavy (non-hydrogen) atoms. The lowest BCUT2D eigenvalue weighted by atomic mass is 10.0.